The molecule has 0 nitrogen and oxygen atoms in total. The van der Waals surface area contributed by atoms with Gasteiger partial charge in [-0.1, -0.05) is 52.0 Å². The molecule has 1 unspecified atom stereocenters. The van der Waals surface area contributed by atoms with Crippen molar-refractivity contribution in [2.24, 2.45) is 5.92 Å². The van der Waals surface area contributed by atoms with Gasteiger partial charge in [-0.05, 0) is 18.8 Å². The molecule has 0 saturated heterocycles. The van der Waals surface area contributed by atoms with Crippen LogP contribution in [0.15, 0.2) is 12.4 Å². The van der Waals surface area contributed by atoms with Crippen LogP contribution in [0.1, 0.15) is 58.8 Å². The van der Waals surface area contributed by atoms with Crippen LogP contribution in [0.3, 0.4) is 0 Å². The lowest BCUT2D eigenvalue weighted by Crippen LogP contribution is -1.95. The molecule has 0 fully saturated rings. The zero-order valence-electron chi connectivity index (χ0n) is 9.06. The molecule has 1 heteroatoms. The molecule has 78 valence electrons. The number of rotatable bonds is 8. The first-order chi connectivity index (χ1) is 6.35. The van der Waals surface area contributed by atoms with Crippen LogP contribution in [-0.2, 0) is 0 Å². The van der Waals surface area contributed by atoms with Crippen LogP contribution in [0.2, 0.25) is 0 Å². The van der Waals surface area contributed by atoms with Gasteiger partial charge in [-0.15, -0.1) is 0 Å². The van der Waals surface area contributed by atoms with Crippen LogP contribution >= 0.6 is 0 Å². The number of unbranched alkanes of at least 4 members (excludes halogenated alkanes) is 3. The first-order valence-electron chi connectivity index (χ1n) is 5.62. The van der Waals surface area contributed by atoms with E-state index in [1.54, 1.807) is 6.08 Å². The van der Waals surface area contributed by atoms with E-state index < -0.39 is 0 Å². The standard InChI is InChI=1S/C12H23F/c1-3-5-6-7-9-12(8-4-2)10-11-13/h10-12H,3-9H2,1-2H3. The van der Waals surface area contributed by atoms with Crippen molar-refractivity contribution in [2.45, 2.75) is 58.8 Å². The van der Waals surface area contributed by atoms with Crippen LogP contribution < -0.4 is 0 Å². The summed E-state index contributed by atoms with van der Waals surface area (Å²) in [7, 11) is 0. The maximum absolute atomic E-state index is 12.0. The highest BCUT2D eigenvalue weighted by Crippen LogP contribution is 2.17. The van der Waals surface area contributed by atoms with Crippen molar-refractivity contribution in [1.29, 1.82) is 0 Å². The van der Waals surface area contributed by atoms with Gasteiger partial charge in [0, 0.05) is 0 Å². The maximum atomic E-state index is 12.0. The second-order valence-corrected chi connectivity index (χ2v) is 3.72. The summed E-state index contributed by atoms with van der Waals surface area (Å²) in [5, 5.41) is 0. The van der Waals surface area contributed by atoms with Crippen LogP contribution in [0, 0.1) is 5.92 Å². The molecular weight excluding hydrogens is 163 g/mol. The van der Waals surface area contributed by atoms with Crippen molar-refractivity contribution in [3.63, 3.8) is 0 Å². The predicted molar refractivity (Wildman–Crippen MR) is 57.4 cm³/mol. The smallest absolute Gasteiger partial charge is 0.0829 e. The van der Waals surface area contributed by atoms with Crippen molar-refractivity contribution in [3.8, 4) is 0 Å². The number of hydrogen-bond acceptors (Lipinski definition) is 0. The molecule has 0 aromatic heterocycles. The third-order valence-electron chi connectivity index (χ3n) is 2.43. The van der Waals surface area contributed by atoms with Gasteiger partial charge >= 0.3 is 0 Å². The molecule has 0 aliphatic heterocycles. The lowest BCUT2D eigenvalue weighted by molar-refractivity contribution is 0.490. The number of allylic oxidation sites excluding steroid dienone is 1. The minimum atomic E-state index is 0.479. The molecule has 0 amide bonds. The molecule has 0 spiro atoms. The minimum Gasteiger partial charge on any atom is -0.216 e. The fourth-order valence-corrected chi connectivity index (χ4v) is 1.64. The van der Waals surface area contributed by atoms with Gasteiger partial charge in [-0.25, -0.2) is 4.39 Å². The Morgan fingerprint density at radius 1 is 1.00 bits per heavy atom. The maximum Gasteiger partial charge on any atom is 0.0829 e. The van der Waals surface area contributed by atoms with E-state index in [4.69, 9.17) is 0 Å². The average Bonchev–Trinajstić information content (AvgIpc) is 2.13. The van der Waals surface area contributed by atoms with Gasteiger partial charge in [-0.3, -0.25) is 0 Å². The second kappa shape index (κ2) is 9.76. The molecule has 0 saturated carbocycles. The van der Waals surface area contributed by atoms with E-state index >= 15 is 0 Å². The van der Waals surface area contributed by atoms with Gasteiger partial charge < -0.3 is 0 Å². The molecule has 13 heavy (non-hydrogen) atoms. The Labute approximate surface area is 82.2 Å². The third kappa shape index (κ3) is 8.01. The van der Waals surface area contributed by atoms with Gasteiger partial charge in [0.25, 0.3) is 0 Å². The van der Waals surface area contributed by atoms with Crippen molar-refractivity contribution < 1.29 is 4.39 Å². The van der Waals surface area contributed by atoms with E-state index in [2.05, 4.69) is 13.8 Å². The molecule has 0 aromatic carbocycles. The van der Waals surface area contributed by atoms with E-state index in [-0.39, 0.29) is 0 Å². The first-order valence-corrected chi connectivity index (χ1v) is 5.62. The molecule has 0 heterocycles. The summed E-state index contributed by atoms with van der Waals surface area (Å²) >= 11 is 0. The summed E-state index contributed by atoms with van der Waals surface area (Å²) < 4.78 is 12.0. The van der Waals surface area contributed by atoms with Crippen molar-refractivity contribution in [3.05, 3.63) is 12.4 Å². The summed E-state index contributed by atoms with van der Waals surface area (Å²) in [5.74, 6) is 0.479. The summed E-state index contributed by atoms with van der Waals surface area (Å²) in [4.78, 5) is 0. The normalized spacial score (nSPS) is 13.8. The highest BCUT2D eigenvalue weighted by atomic mass is 19.1. The lowest BCUT2D eigenvalue weighted by Gasteiger charge is -2.09. The zero-order chi connectivity index (χ0) is 9.94. The third-order valence-corrected chi connectivity index (χ3v) is 2.43. The Balaban J connectivity index is 3.44. The van der Waals surface area contributed by atoms with E-state index in [9.17, 15) is 4.39 Å². The van der Waals surface area contributed by atoms with Gasteiger partial charge in [0.15, 0.2) is 0 Å². The fraction of sp³-hybridized carbons (Fsp3) is 0.833. The fourth-order valence-electron chi connectivity index (χ4n) is 1.64. The van der Waals surface area contributed by atoms with E-state index in [0.29, 0.717) is 12.2 Å². The number of halogens is 1. The molecule has 0 bridgehead atoms. The highest BCUT2D eigenvalue weighted by molar-refractivity contribution is 4.81. The Morgan fingerprint density at radius 2 is 1.77 bits per heavy atom. The van der Waals surface area contributed by atoms with E-state index in [1.807, 2.05) is 0 Å². The summed E-state index contributed by atoms with van der Waals surface area (Å²) in [6.45, 7) is 4.37. The topological polar surface area (TPSA) is 0 Å². The summed E-state index contributed by atoms with van der Waals surface area (Å²) in [6.07, 6.45) is 11.0. The zero-order valence-corrected chi connectivity index (χ0v) is 9.06. The largest absolute Gasteiger partial charge is 0.216 e. The molecule has 0 aromatic rings. The van der Waals surface area contributed by atoms with Gasteiger partial charge in [0.05, 0.1) is 6.33 Å². The highest BCUT2D eigenvalue weighted by Gasteiger charge is 2.02. The Bertz CT molecular complexity index is 118. The van der Waals surface area contributed by atoms with Gasteiger partial charge in [0.1, 0.15) is 0 Å². The average molecular weight is 186 g/mol. The SMILES string of the molecule is CCCCCCC(C=CF)CCC. The Hall–Kier alpha value is -0.330. The van der Waals surface area contributed by atoms with Crippen molar-refractivity contribution >= 4 is 0 Å². The summed E-state index contributed by atoms with van der Waals surface area (Å²) in [6, 6.07) is 0. The quantitative estimate of drug-likeness (QED) is 0.475. The Morgan fingerprint density at radius 3 is 2.31 bits per heavy atom. The second-order valence-electron chi connectivity index (χ2n) is 3.72. The predicted octanol–water partition coefficient (Wildman–Crippen LogP) is 4.86. The van der Waals surface area contributed by atoms with Gasteiger partial charge in [-0.2, -0.15) is 0 Å². The monoisotopic (exact) mass is 186 g/mol. The van der Waals surface area contributed by atoms with Crippen LogP contribution in [0.5, 0.6) is 0 Å². The molecule has 0 N–H and O–H groups in total. The van der Waals surface area contributed by atoms with Gasteiger partial charge in [0.2, 0.25) is 0 Å². The number of hydrogen-bond donors (Lipinski definition) is 0. The first kappa shape index (κ1) is 12.7. The molecule has 0 aliphatic carbocycles. The Kier molecular flexibility index (Phi) is 9.51. The van der Waals surface area contributed by atoms with Crippen LogP contribution in [0.4, 0.5) is 4.39 Å². The molecule has 0 aliphatic rings. The summed E-state index contributed by atoms with van der Waals surface area (Å²) in [5.41, 5.74) is 0. The van der Waals surface area contributed by atoms with E-state index in [1.165, 1.54) is 25.7 Å². The van der Waals surface area contributed by atoms with Crippen molar-refractivity contribution in [1.82, 2.24) is 0 Å². The minimum absolute atomic E-state index is 0.479. The molecule has 0 radical (unpaired) electrons. The van der Waals surface area contributed by atoms with Crippen LogP contribution in [-0.4, -0.2) is 0 Å². The molecular formula is C12H23F. The van der Waals surface area contributed by atoms with E-state index in [0.717, 1.165) is 19.3 Å². The lowest BCUT2D eigenvalue weighted by atomic mass is 9.96. The van der Waals surface area contributed by atoms with Crippen LogP contribution in [0.25, 0.3) is 0 Å². The molecule has 1 atom stereocenters. The molecule has 0 rings (SSSR count). The van der Waals surface area contributed by atoms with Crippen molar-refractivity contribution in [2.75, 3.05) is 0 Å².